The van der Waals surface area contributed by atoms with Gasteiger partial charge in [0.1, 0.15) is 11.9 Å². The van der Waals surface area contributed by atoms with Crippen molar-refractivity contribution in [2.45, 2.75) is 45.7 Å². The molecular weight excluding hydrogens is 324 g/mol. The van der Waals surface area contributed by atoms with Gasteiger partial charge in [-0.1, -0.05) is 51.0 Å². The van der Waals surface area contributed by atoms with E-state index < -0.39 is 0 Å². The van der Waals surface area contributed by atoms with Gasteiger partial charge in [-0.3, -0.25) is 4.79 Å². The lowest BCUT2D eigenvalue weighted by Gasteiger charge is -2.38. The molecule has 138 valence electrons. The van der Waals surface area contributed by atoms with Crippen LogP contribution < -0.4 is 10.1 Å². The number of benzene rings is 2. The SMILES string of the molecule is CCCCOc1cccc(C2Nc3ccccc3C(=O)N2CCCC)c1. The Morgan fingerprint density at radius 1 is 1.04 bits per heavy atom. The fraction of sp³-hybridized carbons (Fsp3) is 0.409. The number of carbonyl (C=O) groups is 1. The van der Waals surface area contributed by atoms with Crippen molar-refractivity contribution in [1.82, 2.24) is 4.90 Å². The first-order valence-corrected chi connectivity index (χ1v) is 9.64. The van der Waals surface area contributed by atoms with Crippen molar-refractivity contribution in [3.05, 3.63) is 59.7 Å². The molecule has 4 nitrogen and oxygen atoms in total. The number of nitrogens with zero attached hydrogens (tertiary/aromatic N) is 1. The molecule has 1 heterocycles. The molecule has 0 bridgehead atoms. The summed E-state index contributed by atoms with van der Waals surface area (Å²) >= 11 is 0. The number of ether oxygens (including phenoxy) is 1. The molecule has 1 aliphatic heterocycles. The van der Waals surface area contributed by atoms with Crippen molar-refractivity contribution < 1.29 is 9.53 Å². The van der Waals surface area contributed by atoms with Crippen LogP contribution in [0.5, 0.6) is 5.75 Å². The van der Waals surface area contributed by atoms with Crippen molar-refractivity contribution in [2.75, 3.05) is 18.5 Å². The molecule has 0 saturated heterocycles. The maximum Gasteiger partial charge on any atom is 0.257 e. The predicted molar refractivity (Wildman–Crippen MR) is 106 cm³/mol. The van der Waals surface area contributed by atoms with Crippen LogP contribution in [0.15, 0.2) is 48.5 Å². The summed E-state index contributed by atoms with van der Waals surface area (Å²) in [5.41, 5.74) is 2.70. The Labute approximate surface area is 156 Å². The molecule has 1 unspecified atom stereocenters. The normalized spacial score (nSPS) is 16.2. The highest BCUT2D eigenvalue weighted by Gasteiger charge is 2.32. The van der Waals surface area contributed by atoms with Crippen molar-refractivity contribution in [3.63, 3.8) is 0 Å². The number of nitrogens with one attached hydrogen (secondary N) is 1. The molecule has 1 amide bonds. The first kappa shape index (κ1) is 18.3. The molecule has 1 N–H and O–H groups in total. The van der Waals surface area contributed by atoms with E-state index in [1.807, 2.05) is 47.4 Å². The predicted octanol–water partition coefficient (Wildman–Crippen LogP) is 5.23. The molecule has 0 saturated carbocycles. The second-order valence-electron chi connectivity index (χ2n) is 6.72. The van der Waals surface area contributed by atoms with Crippen molar-refractivity contribution in [2.24, 2.45) is 0 Å². The number of rotatable bonds is 8. The maximum atomic E-state index is 13.1. The van der Waals surface area contributed by atoms with Gasteiger partial charge in [0.05, 0.1) is 12.2 Å². The average Bonchev–Trinajstić information content (AvgIpc) is 2.68. The Morgan fingerprint density at radius 2 is 1.85 bits per heavy atom. The molecular formula is C22H28N2O2. The van der Waals surface area contributed by atoms with Crippen LogP contribution in [0.4, 0.5) is 5.69 Å². The van der Waals surface area contributed by atoms with E-state index in [9.17, 15) is 4.79 Å². The minimum absolute atomic E-state index is 0.0927. The van der Waals surface area contributed by atoms with E-state index in [1.165, 1.54) is 0 Å². The summed E-state index contributed by atoms with van der Waals surface area (Å²) in [5.74, 6) is 0.953. The maximum absolute atomic E-state index is 13.1. The lowest BCUT2D eigenvalue weighted by Crippen LogP contribution is -2.43. The smallest absolute Gasteiger partial charge is 0.257 e. The van der Waals surface area contributed by atoms with Gasteiger partial charge in [-0.2, -0.15) is 0 Å². The lowest BCUT2D eigenvalue weighted by molar-refractivity contribution is 0.0680. The summed E-state index contributed by atoms with van der Waals surface area (Å²) in [6.45, 7) is 5.76. The highest BCUT2D eigenvalue weighted by atomic mass is 16.5. The largest absolute Gasteiger partial charge is 0.494 e. The third-order valence-corrected chi connectivity index (χ3v) is 4.72. The molecule has 0 aromatic heterocycles. The second kappa shape index (κ2) is 8.75. The molecule has 4 heteroatoms. The highest BCUT2D eigenvalue weighted by Crippen LogP contribution is 2.34. The molecule has 0 fully saturated rings. The standard InChI is InChI=1S/C22H28N2O2/c1-3-5-14-24-21(23-20-13-8-7-12-19(20)22(24)25)17-10-9-11-18(16-17)26-15-6-4-2/h7-13,16,21,23H,3-6,14-15H2,1-2H3. The van der Waals surface area contributed by atoms with Crippen molar-refractivity contribution in [3.8, 4) is 5.75 Å². The van der Waals surface area contributed by atoms with Crippen molar-refractivity contribution in [1.29, 1.82) is 0 Å². The Bertz CT molecular complexity index is 744. The molecule has 3 rings (SSSR count). The molecule has 26 heavy (non-hydrogen) atoms. The van der Waals surface area contributed by atoms with Gasteiger partial charge < -0.3 is 15.0 Å². The van der Waals surface area contributed by atoms with Gasteiger partial charge in [-0.15, -0.1) is 0 Å². The third kappa shape index (κ3) is 4.01. The van der Waals surface area contributed by atoms with Crippen LogP contribution in [-0.4, -0.2) is 24.0 Å². The van der Waals surface area contributed by atoms with E-state index in [0.29, 0.717) is 0 Å². The number of carbonyl (C=O) groups excluding carboxylic acids is 1. The van der Waals surface area contributed by atoms with Gasteiger partial charge in [0, 0.05) is 12.2 Å². The monoisotopic (exact) mass is 352 g/mol. The van der Waals surface area contributed by atoms with Crippen LogP contribution >= 0.6 is 0 Å². The summed E-state index contributed by atoms with van der Waals surface area (Å²) in [6, 6.07) is 15.8. The Morgan fingerprint density at radius 3 is 2.65 bits per heavy atom. The summed E-state index contributed by atoms with van der Waals surface area (Å²) < 4.78 is 5.86. The molecule has 2 aromatic carbocycles. The van der Waals surface area contributed by atoms with Crippen LogP contribution in [0.2, 0.25) is 0 Å². The summed E-state index contributed by atoms with van der Waals surface area (Å²) in [5, 5.41) is 3.55. The minimum Gasteiger partial charge on any atom is -0.494 e. The molecule has 0 aliphatic carbocycles. The lowest BCUT2D eigenvalue weighted by atomic mass is 10.0. The molecule has 0 radical (unpaired) electrons. The zero-order valence-electron chi connectivity index (χ0n) is 15.7. The minimum atomic E-state index is -0.168. The summed E-state index contributed by atoms with van der Waals surface area (Å²) in [6.07, 6.45) is 4.02. The van der Waals surface area contributed by atoms with Crippen LogP contribution in [-0.2, 0) is 0 Å². The van der Waals surface area contributed by atoms with E-state index in [1.54, 1.807) is 0 Å². The highest BCUT2D eigenvalue weighted by molar-refractivity contribution is 6.01. The van der Waals surface area contributed by atoms with Crippen LogP contribution in [0.3, 0.4) is 0 Å². The molecule has 0 spiro atoms. The Balaban J connectivity index is 1.88. The number of fused-ring (bicyclic) bond motifs is 1. The number of amides is 1. The van der Waals surface area contributed by atoms with Gasteiger partial charge in [0.15, 0.2) is 0 Å². The van der Waals surface area contributed by atoms with E-state index in [-0.39, 0.29) is 12.1 Å². The zero-order chi connectivity index (χ0) is 18.4. The fourth-order valence-electron chi connectivity index (χ4n) is 3.22. The van der Waals surface area contributed by atoms with E-state index in [2.05, 4.69) is 25.2 Å². The van der Waals surface area contributed by atoms with E-state index in [0.717, 1.165) is 61.4 Å². The summed E-state index contributed by atoms with van der Waals surface area (Å²) in [4.78, 5) is 15.0. The quantitative estimate of drug-likeness (QED) is 0.661. The first-order valence-electron chi connectivity index (χ1n) is 9.64. The topological polar surface area (TPSA) is 41.6 Å². The van der Waals surface area contributed by atoms with Crippen LogP contribution in [0.25, 0.3) is 0 Å². The fourth-order valence-corrected chi connectivity index (χ4v) is 3.22. The Hall–Kier alpha value is -2.49. The number of anilines is 1. The molecule has 2 aromatic rings. The number of hydrogen-bond donors (Lipinski definition) is 1. The van der Waals surface area contributed by atoms with Crippen LogP contribution in [0, 0.1) is 0 Å². The molecule has 1 atom stereocenters. The van der Waals surface area contributed by atoms with Gasteiger partial charge in [-0.05, 0) is 42.7 Å². The van der Waals surface area contributed by atoms with Gasteiger partial charge in [-0.25, -0.2) is 0 Å². The average molecular weight is 352 g/mol. The number of para-hydroxylation sites is 1. The Kier molecular flexibility index (Phi) is 6.16. The van der Waals surface area contributed by atoms with E-state index in [4.69, 9.17) is 4.74 Å². The van der Waals surface area contributed by atoms with Crippen LogP contribution in [0.1, 0.15) is 61.6 Å². The van der Waals surface area contributed by atoms with Gasteiger partial charge in [0.25, 0.3) is 5.91 Å². The third-order valence-electron chi connectivity index (χ3n) is 4.72. The first-order chi connectivity index (χ1) is 12.7. The van der Waals surface area contributed by atoms with Gasteiger partial charge >= 0.3 is 0 Å². The van der Waals surface area contributed by atoms with Crippen molar-refractivity contribution >= 4 is 11.6 Å². The number of unbranched alkanes of at least 4 members (excludes halogenated alkanes) is 2. The number of hydrogen-bond acceptors (Lipinski definition) is 3. The van der Waals surface area contributed by atoms with Gasteiger partial charge in [0.2, 0.25) is 0 Å². The zero-order valence-corrected chi connectivity index (χ0v) is 15.7. The van der Waals surface area contributed by atoms with E-state index >= 15 is 0 Å². The second-order valence-corrected chi connectivity index (χ2v) is 6.72. The molecule has 1 aliphatic rings. The summed E-state index contributed by atoms with van der Waals surface area (Å²) in [7, 11) is 0.